The maximum atomic E-state index is 12.4. The van der Waals surface area contributed by atoms with E-state index < -0.39 is 0 Å². The molecule has 1 atom stereocenters. The predicted octanol–water partition coefficient (Wildman–Crippen LogP) is 3.24. The molecule has 0 aliphatic carbocycles. The van der Waals surface area contributed by atoms with Crippen LogP contribution in [0.2, 0.25) is 0 Å². The fraction of sp³-hybridized carbons (Fsp3) is 0.286. The van der Waals surface area contributed by atoms with E-state index in [2.05, 4.69) is 10.6 Å². The summed E-state index contributed by atoms with van der Waals surface area (Å²) in [6.45, 7) is 2.94. The molecule has 1 aromatic heterocycles. The number of carbonyl (C=O) groups is 1. The summed E-state index contributed by atoms with van der Waals surface area (Å²) >= 11 is 0. The Balaban J connectivity index is 0.00000225. The number of hydrogen-bond donors (Lipinski definition) is 4. The molecular weight excluding hydrogens is 356 g/mol. The Hall–Kier alpha value is -3.19. The molecule has 3 rings (SSSR count). The number of aryl methyl sites for hydroxylation is 1. The average molecular weight is 386 g/mol. The third-order valence-electron chi connectivity index (χ3n) is 4.39. The van der Waals surface area contributed by atoms with Gasteiger partial charge in [0.2, 0.25) is 0 Å². The molecule has 0 bridgehead atoms. The van der Waals surface area contributed by atoms with Crippen LogP contribution in [0, 0.1) is 6.92 Å². The van der Waals surface area contributed by atoms with Gasteiger partial charge < -0.3 is 31.3 Å². The Morgan fingerprint density at radius 2 is 2.14 bits per heavy atom. The van der Waals surface area contributed by atoms with E-state index >= 15 is 0 Å². The highest BCUT2D eigenvalue weighted by Gasteiger charge is 2.17. The second kappa shape index (κ2) is 9.14. The highest BCUT2D eigenvalue weighted by atomic mass is 16.5. The molecule has 1 aromatic carbocycles. The number of amides is 1. The molecule has 2 heterocycles. The largest absolute Gasteiger partial charge is 0.465 e. The smallest absolute Gasteiger partial charge is 0.251 e. The number of allylic oxidation sites excluding steroid dienone is 2. The molecule has 7 heteroatoms. The number of nitrogens with two attached hydrogens (primary N) is 2. The zero-order valence-corrected chi connectivity index (χ0v) is 15.9. The van der Waals surface area contributed by atoms with Crippen LogP contribution in [0.4, 0.5) is 5.69 Å². The van der Waals surface area contributed by atoms with E-state index in [4.69, 9.17) is 20.6 Å². The molecule has 0 saturated carbocycles. The first-order valence-electron chi connectivity index (χ1n) is 9.26. The van der Waals surface area contributed by atoms with Gasteiger partial charge in [-0.05, 0) is 62.2 Å². The Morgan fingerprint density at radius 1 is 1.29 bits per heavy atom. The predicted molar refractivity (Wildman–Crippen MR) is 112 cm³/mol. The van der Waals surface area contributed by atoms with Crippen molar-refractivity contribution < 1.29 is 16.8 Å². The molecule has 1 aliphatic heterocycles. The van der Waals surface area contributed by atoms with E-state index in [9.17, 15) is 4.79 Å². The lowest BCUT2D eigenvalue weighted by molar-refractivity contribution is 0.0948. The summed E-state index contributed by atoms with van der Waals surface area (Å²) < 4.78 is 11.0. The third-order valence-corrected chi connectivity index (χ3v) is 4.39. The van der Waals surface area contributed by atoms with Gasteiger partial charge >= 0.3 is 0 Å². The van der Waals surface area contributed by atoms with Crippen molar-refractivity contribution in [2.24, 2.45) is 11.5 Å². The summed E-state index contributed by atoms with van der Waals surface area (Å²) in [6.07, 6.45) is 5.36. The SMILES string of the molecule is Cc1ccc(CNC(=O)c2cccc(N/C(N)=C/C=C(\N)C3CCCO3)c2)o1.[HH].[HH]. The second-order valence-corrected chi connectivity index (χ2v) is 6.69. The van der Waals surface area contributed by atoms with Crippen molar-refractivity contribution in [3.8, 4) is 0 Å². The minimum absolute atomic E-state index is 0. The highest BCUT2D eigenvalue weighted by Crippen LogP contribution is 2.17. The first kappa shape index (κ1) is 19.6. The molecule has 0 radical (unpaired) electrons. The van der Waals surface area contributed by atoms with Crippen LogP contribution in [0.15, 0.2) is 64.5 Å². The van der Waals surface area contributed by atoms with E-state index in [1.165, 1.54) is 0 Å². The Bertz CT molecular complexity index is 890. The lowest BCUT2D eigenvalue weighted by Gasteiger charge is -2.10. The van der Waals surface area contributed by atoms with Crippen molar-refractivity contribution in [1.29, 1.82) is 0 Å². The van der Waals surface area contributed by atoms with Gasteiger partial charge in [0.1, 0.15) is 17.3 Å². The lowest BCUT2D eigenvalue weighted by atomic mass is 10.1. The lowest BCUT2D eigenvalue weighted by Crippen LogP contribution is -2.22. The minimum atomic E-state index is -0.192. The summed E-state index contributed by atoms with van der Waals surface area (Å²) in [4.78, 5) is 12.4. The molecule has 28 heavy (non-hydrogen) atoms. The Morgan fingerprint density at radius 3 is 2.86 bits per heavy atom. The van der Waals surface area contributed by atoms with Crippen LogP contribution in [0.5, 0.6) is 0 Å². The number of carbonyl (C=O) groups excluding carboxylic acids is 1. The van der Waals surface area contributed by atoms with Gasteiger partial charge in [-0.25, -0.2) is 0 Å². The Kier molecular flexibility index (Phi) is 6.39. The van der Waals surface area contributed by atoms with Gasteiger partial charge in [-0.15, -0.1) is 0 Å². The molecule has 1 aliphatic rings. The molecule has 2 aromatic rings. The maximum Gasteiger partial charge on any atom is 0.251 e. The summed E-state index contributed by atoms with van der Waals surface area (Å²) in [5.41, 5.74) is 13.9. The zero-order chi connectivity index (χ0) is 19.9. The van der Waals surface area contributed by atoms with Crippen LogP contribution in [-0.2, 0) is 11.3 Å². The van der Waals surface area contributed by atoms with Crippen LogP contribution >= 0.6 is 0 Å². The van der Waals surface area contributed by atoms with Crippen molar-refractivity contribution in [3.63, 3.8) is 0 Å². The van der Waals surface area contributed by atoms with E-state index in [1.807, 2.05) is 25.1 Å². The fourth-order valence-corrected chi connectivity index (χ4v) is 2.93. The summed E-state index contributed by atoms with van der Waals surface area (Å²) in [5.74, 6) is 1.75. The fourth-order valence-electron chi connectivity index (χ4n) is 2.93. The molecule has 1 saturated heterocycles. The van der Waals surface area contributed by atoms with Crippen LogP contribution in [0.1, 0.15) is 37.6 Å². The number of furan rings is 1. The van der Waals surface area contributed by atoms with Crippen LogP contribution in [0.25, 0.3) is 0 Å². The normalized spacial score (nSPS) is 17.5. The molecule has 1 unspecified atom stereocenters. The molecule has 1 fully saturated rings. The van der Waals surface area contributed by atoms with Crippen LogP contribution < -0.4 is 22.1 Å². The van der Waals surface area contributed by atoms with Crippen molar-refractivity contribution in [3.05, 3.63) is 77.2 Å². The number of anilines is 1. The molecule has 1 amide bonds. The number of hydrogen-bond acceptors (Lipinski definition) is 6. The van der Waals surface area contributed by atoms with Gasteiger partial charge in [-0.2, -0.15) is 0 Å². The van der Waals surface area contributed by atoms with Gasteiger partial charge in [0, 0.05) is 26.4 Å². The van der Waals surface area contributed by atoms with Gasteiger partial charge in [-0.1, -0.05) is 6.07 Å². The number of ether oxygens (including phenoxy) is 1. The quantitative estimate of drug-likeness (QED) is 0.543. The number of benzene rings is 1. The summed E-state index contributed by atoms with van der Waals surface area (Å²) in [6, 6.07) is 10.8. The first-order chi connectivity index (χ1) is 13.5. The van der Waals surface area contributed by atoms with Crippen molar-refractivity contribution >= 4 is 11.6 Å². The van der Waals surface area contributed by atoms with E-state index in [1.54, 1.807) is 30.4 Å². The van der Waals surface area contributed by atoms with Crippen LogP contribution in [-0.4, -0.2) is 18.6 Å². The first-order valence-corrected chi connectivity index (χ1v) is 9.26. The number of nitrogens with one attached hydrogen (secondary N) is 2. The second-order valence-electron chi connectivity index (χ2n) is 6.69. The van der Waals surface area contributed by atoms with Crippen molar-refractivity contribution in [2.75, 3.05) is 11.9 Å². The van der Waals surface area contributed by atoms with Gasteiger partial charge in [0.25, 0.3) is 5.91 Å². The monoisotopic (exact) mass is 386 g/mol. The third kappa shape index (κ3) is 5.40. The zero-order valence-electron chi connectivity index (χ0n) is 15.9. The van der Waals surface area contributed by atoms with Crippen molar-refractivity contribution in [2.45, 2.75) is 32.4 Å². The highest BCUT2D eigenvalue weighted by molar-refractivity contribution is 5.95. The van der Waals surface area contributed by atoms with E-state index in [-0.39, 0.29) is 14.9 Å². The molecule has 7 nitrogen and oxygen atoms in total. The molecule has 6 N–H and O–H groups in total. The molecule has 0 spiro atoms. The summed E-state index contributed by atoms with van der Waals surface area (Å²) in [5, 5.41) is 5.89. The van der Waals surface area contributed by atoms with Gasteiger partial charge in [0.05, 0.1) is 12.6 Å². The van der Waals surface area contributed by atoms with Gasteiger partial charge in [-0.3, -0.25) is 4.79 Å². The standard InChI is InChI=1S/C21H26N4O3.2H2/c1-14-7-8-17(28-14)13-24-21(26)15-4-2-5-16(12-15)25-20(23)10-9-18(22)19-6-3-11-27-19;;/h2,4-5,7-10,12,19,25H,3,6,11,13,22-23H2,1H3,(H,24,26);2*1H/b18-9-,20-10+;;. The van der Waals surface area contributed by atoms with Gasteiger partial charge in [0.15, 0.2) is 0 Å². The van der Waals surface area contributed by atoms with E-state index in [0.717, 1.165) is 25.2 Å². The summed E-state index contributed by atoms with van der Waals surface area (Å²) in [7, 11) is 0. The average Bonchev–Trinajstić information content (AvgIpc) is 3.36. The van der Waals surface area contributed by atoms with Crippen LogP contribution in [0.3, 0.4) is 0 Å². The van der Waals surface area contributed by atoms with E-state index in [0.29, 0.717) is 35.1 Å². The Labute approximate surface area is 167 Å². The number of rotatable bonds is 7. The molecular formula is C21H30N4O3. The maximum absolute atomic E-state index is 12.4. The molecule has 152 valence electrons. The topological polar surface area (TPSA) is 116 Å². The minimum Gasteiger partial charge on any atom is -0.465 e. The van der Waals surface area contributed by atoms with Crippen molar-refractivity contribution in [1.82, 2.24) is 5.32 Å².